The molecule has 5 heteroatoms. The first kappa shape index (κ1) is 12.1. The Morgan fingerprint density at radius 1 is 1.44 bits per heavy atom. The maximum atomic E-state index is 10.8. The SMILES string of the molecule is O=C(O)CC1CC2CCC(C1)N2Cc1cscn1. The second-order valence-corrected chi connectivity index (χ2v) is 6.19. The maximum absolute atomic E-state index is 10.8. The van der Waals surface area contributed by atoms with Crippen molar-refractivity contribution in [3.05, 3.63) is 16.6 Å². The number of aliphatic carboxylic acids is 1. The van der Waals surface area contributed by atoms with Crippen LogP contribution in [0.25, 0.3) is 0 Å². The highest BCUT2D eigenvalue weighted by atomic mass is 32.1. The summed E-state index contributed by atoms with van der Waals surface area (Å²) in [6.07, 6.45) is 4.90. The number of hydrogen-bond acceptors (Lipinski definition) is 4. The lowest BCUT2D eigenvalue weighted by Crippen LogP contribution is -2.42. The Kier molecular flexibility index (Phi) is 3.35. The van der Waals surface area contributed by atoms with E-state index in [1.807, 2.05) is 5.51 Å². The molecule has 0 aliphatic carbocycles. The summed E-state index contributed by atoms with van der Waals surface area (Å²) in [5.41, 5.74) is 3.04. The molecule has 2 bridgehead atoms. The first-order chi connectivity index (χ1) is 8.72. The van der Waals surface area contributed by atoms with Crippen molar-refractivity contribution in [2.24, 2.45) is 5.92 Å². The van der Waals surface area contributed by atoms with Gasteiger partial charge in [0.05, 0.1) is 11.2 Å². The molecule has 1 aromatic rings. The molecular weight excluding hydrogens is 248 g/mol. The van der Waals surface area contributed by atoms with Gasteiger partial charge in [0.25, 0.3) is 0 Å². The number of fused-ring (bicyclic) bond motifs is 2. The minimum atomic E-state index is -0.646. The van der Waals surface area contributed by atoms with Crippen LogP contribution in [-0.2, 0) is 11.3 Å². The molecule has 0 amide bonds. The third-order valence-electron chi connectivity index (χ3n) is 4.27. The molecule has 1 aromatic heterocycles. The van der Waals surface area contributed by atoms with E-state index in [0.717, 1.165) is 25.1 Å². The van der Waals surface area contributed by atoms with Crippen molar-refractivity contribution in [1.82, 2.24) is 9.88 Å². The van der Waals surface area contributed by atoms with Gasteiger partial charge < -0.3 is 5.11 Å². The van der Waals surface area contributed by atoms with Gasteiger partial charge in [-0.3, -0.25) is 9.69 Å². The number of piperidine rings is 1. The van der Waals surface area contributed by atoms with Gasteiger partial charge in [0.1, 0.15) is 0 Å². The second kappa shape index (κ2) is 4.97. The number of carboxylic acid groups (broad SMARTS) is 1. The number of hydrogen-bond donors (Lipinski definition) is 1. The molecule has 0 saturated carbocycles. The molecule has 2 atom stereocenters. The van der Waals surface area contributed by atoms with Crippen LogP contribution in [0.5, 0.6) is 0 Å². The van der Waals surface area contributed by atoms with Gasteiger partial charge >= 0.3 is 5.97 Å². The fraction of sp³-hybridized carbons (Fsp3) is 0.692. The molecule has 2 saturated heterocycles. The van der Waals surface area contributed by atoms with E-state index in [9.17, 15) is 4.79 Å². The first-order valence-electron chi connectivity index (χ1n) is 6.57. The van der Waals surface area contributed by atoms with Crippen LogP contribution >= 0.6 is 11.3 Å². The maximum Gasteiger partial charge on any atom is 0.303 e. The second-order valence-electron chi connectivity index (χ2n) is 5.47. The summed E-state index contributed by atoms with van der Waals surface area (Å²) < 4.78 is 0. The van der Waals surface area contributed by atoms with E-state index >= 15 is 0 Å². The van der Waals surface area contributed by atoms with Crippen molar-refractivity contribution in [2.45, 2.75) is 50.7 Å². The molecule has 3 heterocycles. The Balaban J connectivity index is 1.64. The number of aromatic nitrogens is 1. The van der Waals surface area contributed by atoms with Crippen molar-refractivity contribution in [2.75, 3.05) is 0 Å². The van der Waals surface area contributed by atoms with Crippen molar-refractivity contribution in [3.63, 3.8) is 0 Å². The molecule has 2 fully saturated rings. The van der Waals surface area contributed by atoms with Crippen LogP contribution in [0.15, 0.2) is 10.9 Å². The molecule has 2 aliphatic rings. The van der Waals surface area contributed by atoms with Gasteiger partial charge in [-0.25, -0.2) is 4.98 Å². The van der Waals surface area contributed by atoms with E-state index in [4.69, 9.17) is 5.11 Å². The largest absolute Gasteiger partial charge is 0.481 e. The zero-order valence-corrected chi connectivity index (χ0v) is 11.1. The van der Waals surface area contributed by atoms with Crippen LogP contribution < -0.4 is 0 Å². The highest BCUT2D eigenvalue weighted by Crippen LogP contribution is 2.40. The van der Waals surface area contributed by atoms with Gasteiger partial charge in [0, 0.05) is 30.4 Å². The Hall–Kier alpha value is -0.940. The molecule has 2 unspecified atom stereocenters. The van der Waals surface area contributed by atoms with Crippen molar-refractivity contribution in [1.29, 1.82) is 0 Å². The number of thiazole rings is 1. The summed E-state index contributed by atoms with van der Waals surface area (Å²) in [4.78, 5) is 17.7. The predicted octanol–water partition coefficient (Wildman–Crippen LogP) is 2.36. The van der Waals surface area contributed by atoms with Gasteiger partial charge in [-0.15, -0.1) is 11.3 Å². The number of rotatable bonds is 4. The highest BCUT2D eigenvalue weighted by Gasteiger charge is 2.41. The van der Waals surface area contributed by atoms with Gasteiger partial charge in [0.15, 0.2) is 0 Å². The van der Waals surface area contributed by atoms with Crippen LogP contribution in [0, 0.1) is 5.92 Å². The average Bonchev–Trinajstić information content (AvgIpc) is 2.88. The van der Waals surface area contributed by atoms with E-state index in [-0.39, 0.29) is 0 Å². The summed E-state index contributed by atoms with van der Waals surface area (Å²) in [7, 11) is 0. The molecule has 98 valence electrons. The standard InChI is InChI=1S/C13H18N2O2S/c16-13(17)5-9-3-11-1-2-12(4-9)15(11)6-10-7-18-8-14-10/h7-9,11-12H,1-6H2,(H,16,17). The summed E-state index contributed by atoms with van der Waals surface area (Å²) in [5.74, 6) is -0.265. The molecular formula is C13H18N2O2S. The lowest BCUT2D eigenvalue weighted by atomic mass is 9.88. The lowest BCUT2D eigenvalue weighted by molar-refractivity contribution is -0.138. The fourth-order valence-electron chi connectivity index (χ4n) is 3.56. The fourth-order valence-corrected chi connectivity index (χ4v) is 4.11. The van der Waals surface area contributed by atoms with Gasteiger partial charge in [-0.05, 0) is 31.6 Å². The van der Waals surface area contributed by atoms with E-state index in [2.05, 4.69) is 15.3 Å². The predicted molar refractivity (Wildman–Crippen MR) is 69.4 cm³/mol. The van der Waals surface area contributed by atoms with Crippen LogP contribution in [0.4, 0.5) is 0 Å². The summed E-state index contributed by atoms with van der Waals surface area (Å²) in [6.45, 7) is 0.943. The molecule has 0 radical (unpaired) electrons. The lowest BCUT2D eigenvalue weighted by Gasteiger charge is -2.38. The first-order valence-corrected chi connectivity index (χ1v) is 7.51. The molecule has 2 aliphatic heterocycles. The Morgan fingerprint density at radius 3 is 2.72 bits per heavy atom. The van der Waals surface area contributed by atoms with Crippen LogP contribution in [0.2, 0.25) is 0 Å². The van der Waals surface area contributed by atoms with E-state index in [1.165, 1.54) is 12.8 Å². The zero-order valence-electron chi connectivity index (χ0n) is 10.3. The van der Waals surface area contributed by atoms with Crippen LogP contribution in [0.1, 0.15) is 37.8 Å². The van der Waals surface area contributed by atoms with Crippen molar-refractivity contribution < 1.29 is 9.90 Å². The molecule has 1 N–H and O–H groups in total. The number of nitrogens with zero attached hydrogens (tertiary/aromatic N) is 2. The average molecular weight is 266 g/mol. The highest BCUT2D eigenvalue weighted by molar-refractivity contribution is 7.07. The molecule has 18 heavy (non-hydrogen) atoms. The van der Waals surface area contributed by atoms with Crippen LogP contribution in [-0.4, -0.2) is 33.0 Å². The van der Waals surface area contributed by atoms with Gasteiger partial charge in [-0.1, -0.05) is 0 Å². The quantitative estimate of drug-likeness (QED) is 0.909. The van der Waals surface area contributed by atoms with Crippen LogP contribution in [0.3, 0.4) is 0 Å². The zero-order chi connectivity index (χ0) is 12.5. The summed E-state index contributed by atoms with van der Waals surface area (Å²) >= 11 is 1.64. The Morgan fingerprint density at radius 2 is 2.17 bits per heavy atom. The van der Waals surface area contributed by atoms with E-state index in [0.29, 0.717) is 24.4 Å². The molecule has 0 aromatic carbocycles. The third-order valence-corrected chi connectivity index (χ3v) is 4.91. The minimum Gasteiger partial charge on any atom is -0.481 e. The van der Waals surface area contributed by atoms with Gasteiger partial charge in [0.2, 0.25) is 0 Å². The number of carboxylic acids is 1. The van der Waals surface area contributed by atoms with Crippen molar-refractivity contribution in [3.8, 4) is 0 Å². The van der Waals surface area contributed by atoms with Gasteiger partial charge in [-0.2, -0.15) is 0 Å². The normalized spacial score (nSPS) is 31.7. The monoisotopic (exact) mass is 266 g/mol. The van der Waals surface area contributed by atoms with E-state index in [1.54, 1.807) is 11.3 Å². The Bertz CT molecular complexity index is 407. The summed E-state index contributed by atoms with van der Waals surface area (Å²) in [6, 6.07) is 1.16. The minimum absolute atomic E-state index is 0.345. The Labute approximate surface area is 111 Å². The molecule has 4 nitrogen and oxygen atoms in total. The molecule has 0 spiro atoms. The number of carbonyl (C=O) groups is 1. The molecule has 3 rings (SSSR count). The summed E-state index contributed by atoms with van der Waals surface area (Å²) in [5, 5.41) is 11.0. The van der Waals surface area contributed by atoms with Crippen molar-refractivity contribution >= 4 is 17.3 Å². The van der Waals surface area contributed by atoms with E-state index < -0.39 is 5.97 Å². The smallest absolute Gasteiger partial charge is 0.303 e. The third kappa shape index (κ3) is 2.42. The topological polar surface area (TPSA) is 53.4 Å².